The second-order valence-corrected chi connectivity index (χ2v) is 14.2. The van der Waals surface area contributed by atoms with Crippen LogP contribution in [0.3, 0.4) is 0 Å². The molecule has 0 fully saturated rings. The van der Waals surface area contributed by atoms with Gasteiger partial charge < -0.3 is 16.9 Å². The highest BCUT2D eigenvalue weighted by Crippen LogP contribution is 2.53. The number of aromatic nitrogens is 8. The van der Waals surface area contributed by atoms with E-state index in [-0.39, 0.29) is 0 Å². The van der Waals surface area contributed by atoms with Crippen LogP contribution in [0.15, 0.2) is 98.1 Å². The zero-order valence-corrected chi connectivity index (χ0v) is 22.3. The molecule has 0 saturated carbocycles. The van der Waals surface area contributed by atoms with Gasteiger partial charge in [0.15, 0.2) is 0 Å². The van der Waals surface area contributed by atoms with Gasteiger partial charge in [0, 0.05) is 115 Å². The van der Waals surface area contributed by atoms with Crippen LogP contribution in [0, 0.1) is 0 Å². The molecular formula is C32H16N8Si. The Morgan fingerprint density at radius 3 is 0.878 bits per heavy atom. The summed E-state index contributed by atoms with van der Waals surface area (Å²) in [4.78, 5) is 18.3. The van der Waals surface area contributed by atoms with E-state index in [2.05, 4.69) is 85.4 Å². The highest BCUT2D eigenvalue weighted by Gasteiger charge is 2.59. The van der Waals surface area contributed by atoms with Crippen LogP contribution in [0.2, 0.25) is 0 Å². The first-order valence-corrected chi connectivity index (χ1v) is 15.5. The summed E-state index contributed by atoms with van der Waals surface area (Å²) in [5.41, 5.74) is 9.93. The van der Waals surface area contributed by atoms with Crippen LogP contribution < -0.4 is 0 Å². The minimum Gasteiger partial charge on any atom is -0.312 e. The Labute approximate surface area is 230 Å². The molecule has 0 saturated heterocycles. The van der Waals surface area contributed by atoms with Crippen LogP contribution in [0.25, 0.3) is 87.2 Å². The summed E-state index contributed by atoms with van der Waals surface area (Å²) < 4.78 is 10.8. The van der Waals surface area contributed by atoms with Crippen LogP contribution >= 0.6 is 0 Å². The highest BCUT2D eigenvalue weighted by molar-refractivity contribution is 6.84. The molecule has 2 aliphatic heterocycles. The van der Waals surface area contributed by atoms with Crippen molar-refractivity contribution >= 4 is 95.9 Å². The summed E-state index contributed by atoms with van der Waals surface area (Å²) in [6.07, 6.45) is 15.9. The van der Waals surface area contributed by atoms with Crippen LogP contribution in [-0.2, 0) is 0 Å². The summed E-state index contributed by atoms with van der Waals surface area (Å²) in [6.45, 7) is 0. The van der Waals surface area contributed by atoms with E-state index in [1.807, 2.05) is 49.6 Å². The van der Waals surface area contributed by atoms with Crippen molar-refractivity contribution in [3.05, 3.63) is 98.1 Å². The maximum Gasteiger partial charge on any atom is 0.522 e. The van der Waals surface area contributed by atoms with Gasteiger partial charge in [0.25, 0.3) is 0 Å². The van der Waals surface area contributed by atoms with Crippen molar-refractivity contribution in [3.63, 3.8) is 0 Å². The van der Waals surface area contributed by atoms with Gasteiger partial charge in [-0.15, -0.1) is 0 Å². The van der Waals surface area contributed by atoms with E-state index < -0.39 is 8.72 Å². The Morgan fingerprint density at radius 2 is 0.610 bits per heavy atom. The molecule has 10 aromatic rings. The van der Waals surface area contributed by atoms with Crippen molar-refractivity contribution in [2.45, 2.75) is 0 Å². The first-order valence-electron chi connectivity index (χ1n) is 13.7. The molecule has 0 amide bonds. The Bertz CT molecular complexity index is 2490. The number of fused-ring (bicyclic) bond motifs is 16. The lowest BCUT2D eigenvalue weighted by Crippen LogP contribution is -2.59. The van der Waals surface area contributed by atoms with Crippen LogP contribution in [0.4, 0.5) is 0 Å². The number of rotatable bonds is 0. The summed E-state index contributed by atoms with van der Waals surface area (Å²) in [7, 11) is -3.17. The molecule has 0 N–H and O–H groups in total. The lowest BCUT2D eigenvalue weighted by molar-refractivity contribution is 0.968. The number of benzene rings is 2. The summed E-state index contributed by atoms with van der Waals surface area (Å²) >= 11 is 0. The van der Waals surface area contributed by atoms with Gasteiger partial charge >= 0.3 is 8.72 Å². The van der Waals surface area contributed by atoms with Crippen molar-refractivity contribution in [2.75, 3.05) is 0 Å². The molecule has 0 atom stereocenters. The van der Waals surface area contributed by atoms with Crippen molar-refractivity contribution in [1.82, 2.24) is 36.9 Å². The molecule has 0 bridgehead atoms. The molecule has 10 heterocycles. The predicted molar refractivity (Wildman–Crippen MR) is 163 cm³/mol. The van der Waals surface area contributed by atoms with E-state index in [4.69, 9.17) is 0 Å². The zero-order chi connectivity index (χ0) is 26.2. The van der Waals surface area contributed by atoms with E-state index in [0.717, 1.165) is 0 Å². The third kappa shape index (κ3) is 1.74. The first-order chi connectivity index (χ1) is 20.4. The molecule has 188 valence electrons. The fourth-order valence-corrected chi connectivity index (χ4v) is 13.8. The largest absolute Gasteiger partial charge is 0.522 e. The average molecular weight is 541 g/mol. The van der Waals surface area contributed by atoms with Gasteiger partial charge in [0.1, 0.15) is 0 Å². The third-order valence-electron chi connectivity index (χ3n) is 9.71. The first kappa shape index (κ1) is 19.5. The Balaban J connectivity index is 1.52. The Kier molecular flexibility index (Phi) is 2.83. The normalized spacial score (nSPS) is 15.0. The highest BCUT2D eigenvalue weighted by atomic mass is 28.4. The van der Waals surface area contributed by atoms with Gasteiger partial charge in [-0.25, -0.2) is 0 Å². The zero-order valence-electron chi connectivity index (χ0n) is 21.3. The Hall–Kier alpha value is -5.54. The average Bonchev–Trinajstić information content (AvgIpc) is 3.83. The topological polar surface area (TPSA) is 71.3 Å². The number of hydrogen-bond donors (Lipinski definition) is 0. The molecular weight excluding hydrogens is 524 g/mol. The maximum absolute atomic E-state index is 4.59. The summed E-state index contributed by atoms with van der Waals surface area (Å²) in [5, 5.41) is 9.69. The van der Waals surface area contributed by atoms with Crippen molar-refractivity contribution in [2.24, 2.45) is 0 Å². The number of hydrogen-bond acceptors (Lipinski definition) is 4. The van der Waals surface area contributed by atoms with Crippen molar-refractivity contribution in [3.8, 4) is 0 Å². The van der Waals surface area contributed by atoms with E-state index in [9.17, 15) is 0 Å². The van der Waals surface area contributed by atoms with Gasteiger partial charge in [-0.2, -0.15) is 0 Å². The van der Waals surface area contributed by atoms with Crippen molar-refractivity contribution in [1.29, 1.82) is 0 Å². The molecule has 41 heavy (non-hydrogen) atoms. The lowest BCUT2D eigenvalue weighted by atomic mass is 10.1. The molecule has 2 aromatic carbocycles. The molecule has 0 radical (unpaired) electrons. The van der Waals surface area contributed by atoms with Gasteiger partial charge in [0.2, 0.25) is 0 Å². The number of pyridine rings is 4. The molecule has 8 aromatic heterocycles. The maximum atomic E-state index is 4.59. The quantitative estimate of drug-likeness (QED) is 0.213. The van der Waals surface area contributed by atoms with Crippen LogP contribution in [0.5, 0.6) is 0 Å². The molecule has 1 spiro atoms. The monoisotopic (exact) mass is 540 g/mol. The SMILES string of the molecule is c1cc2c(cn1)c1ccc3c4cnccc4n4c3c1n2[Si]41n2c3ccncc3c3ccc4c5cnccc5n1c4c32. The molecule has 8 nitrogen and oxygen atoms in total. The standard InChI is InChI=1S/C32H16N8Si/c1-2-18-22-14-34-10-6-26(22)38-30(18)29-17(1)21-13-33-9-5-25(21)37(29)41(38)39-27-7-11-35-15-23(27)19-3-4-20-24-16-36-12-8-28(24)40(41)32(20)31(19)39/h1-16H. The molecule has 12 rings (SSSR count). The van der Waals surface area contributed by atoms with Crippen molar-refractivity contribution < 1.29 is 0 Å². The minimum atomic E-state index is -3.17. The van der Waals surface area contributed by atoms with Gasteiger partial charge in [-0.3, -0.25) is 19.9 Å². The number of nitrogens with zero attached hydrogens (tertiary/aromatic N) is 8. The summed E-state index contributed by atoms with van der Waals surface area (Å²) in [6, 6.07) is 17.9. The lowest BCUT2D eigenvalue weighted by Gasteiger charge is -2.32. The molecule has 0 unspecified atom stereocenters. The molecule has 9 heteroatoms. The third-order valence-corrected chi connectivity index (χ3v) is 14.0. The second-order valence-electron chi connectivity index (χ2n) is 11.2. The Morgan fingerprint density at radius 1 is 0.341 bits per heavy atom. The van der Waals surface area contributed by atoms with E-state index >= 15 is 0 Å². The van der Waals surface area contributed by atoms with Gasteiger partial charge in [0.05, 0.1) is 22.1 Å². The van der Waals surface area contributed by atoms with Crippen LogP contribution in [-0.4, -0.2) is 45.6 Å². The second kappa shape index (κ2) is 5.96. The fourth-order valence-electron chi connectivity index (χ4n) is 8.42. The predicted octanol–water partition coefficient (Wildman–Crippen LogP) is 6.25. The summed E-state index contributed by atoms with van der Waals surface area (Å²) in [5.74, 6) is 0. The molecule has 0 aliphatic carbocycles. The smallest absolute Gasteiger partial charge is 0.312 e. The fraction of sp³-hybridized carbons (Fsp3) is 0. The van der Waals surface area contributed by atoms with E-state index in [0.29, 0.717) is 0 Å². The van der Waals surface area contributed by atoms with Gasteiger partial charge in [-0.05, 0) is 24.3 Å². The van der Waals surface area contributed by atoms with E-state index in [1.165, 1.54) is 87.2 Å². The van der Waals surface area contributed by atoms with Crippen LogP contribution in [0.1, 0.15) is 0 Å². The minimum absolute atomic E-state index is 1.19. The van der Waals surface area contributed by atoms with E-state index in [1.54, 1.807) is 0 Å². The molecule has 2 aliphatic rings. The van der Waals surface area contributed by atoms with Gasteiger partial charge in [-0.1, -0.05) is 24.3 Å².